The summed E-state index contributed by atoms with van der Waals surface area (Å²) in [6, 6.07) is 14.3. The Morgan fingerprint density at radius 2 is 1.00 bits per heavy atom. The number of fused-ring (bicyclic) bond motifs is 4. The first-order valence-corrected chi connectivity index (χ1v) is 19.9. The summed E-state index contributed by atoms with van der Waals surface area (Å²) < 4.78 is 9.04. The Hall–Kier alpha value is -4.90. The molecule has 0 radical (unpaired) electrons. The lowest BCUT2D eigenvalue weighted by Crippen LogP contribution is -2.13. The predicted octanol–water partition coefficient (Wildman–Crippen LogP) is 11.0. The van der Waals surface area contributed by atoms with Crippen LogP contribution in [0.1, 0.15) is 123 Å². The number of hydrogen-bond acceptors (Lipinski definition) is 6. The molecule has 0 spiro atoms. The van der Waals surface area contributed by atoms with Gasteiger partial charge in [-0.15, -0.1) is 5.10 Å². The summed E-state index contributed by atoms with van der Waals surface area (Å²) in [4.78, 5) is 22.2. The SMILES string of the molecule is CC(C)(C)c1nc2ncccn2n1.Cc1ccc2nc(C(C)(C)C)c(Br)n2c1.Cc1ccc2nc(C(C)(C)C)cn2c1.Cc1ccc2nc(C(C)(C)C)cn2c1. The van der Waals surface area contributed by atoms with E-state index in [2.05, 4.69) is 230 Å². The third-order valence-corrected chi connectivity index (χ3v) is 9.70. The predicted molar refractivity (Wildman–Crippen MR) is 233 cm³/mol. The van der Waals surface area contributed by atoms with Gasteiger partial charge in [0.25, 0.3) is 5.78 Å². The summed E-state index contributed by atoms with van der Waals surface area (Å²) in [6.07, 6.45) is 14.1. The van der Waals surface area contributed by atoms with Crippen LogP contribution in [0.25, 0.3) is 22.7 Å². The fraction of sp³-hybridized carbons (Fsp3) is 0.422. The van der Waals surface area contributed by atoms with Gasteiger partial charge in [-0.3, -0.25) is 4.40 Å². The van der Waals surface area contributed by atoms with Crippen molar-refractivity contribution in [2.45, 2.75) is 126 Å². The number of hydrogen-bond donors (Lipinski definition) is 0. The number of rotatable bonds is 0. The highest BCUT2D eigenvalue weighted by molar-refractivity contribution is 9.10. The monoisotopic (exact) mass is 818 g/mol. The van der Waals surface area contributed by atoms with Crippen molar-refractivity contribution in [3.05, 3.63) is 130 Å². The second-order valence-electron chi connectivity index (χ2n) is 18.7. The molecule has 0 aliphatic rings. The fourth-order valence-corrected chi connectivity index (χ4v) is 6.55. The van der Waals surface area contributed by atoms with Crippen LogP contribution in [0.15, 0.2) is 90.4 Å². The Morgan fingerprint density at radius 3 is 1.45 bits per heavy atom. The Morgan fingerprint density at radius 1 is 0.518 bits per heavy atom. The molecule has 8 rings (SSSR count). The number of nitrogens with zero attached hydrogens (tertiary/aromatic N) is 10. The summed E-state index contributed by atoms with van der Waals surface area (Å²) in [5, 5.41) is 4.33. The molecule has 0 amide bonds. The molecule has 0 N–H and O–H groups in total. The molecule has 296 valence electrons. The zero-order chi connectivity index (χ0) is 41.4. The van der Waals surface area contributed by atoms with Gasteiger partial charge in [0.2, 0.25) is 0 Å². The molecule has 0 saturated heterocycles. The van der Waals surface area contributed by atoms with Crippen molar-refractivity contribution < 1.29 is 0 Å². The number of imidazole rings is 3. The van der Waals surface area contributed by atoms with Crippen molar-refractivity contribution >= 4 is 38.6 Å². The van der Waals surface area contributed by atoms with Crippen molar-refractivity contribution in [1.82, 2.24) is 47.7 Å². The quantitative estimate of drug-likeness (QED) is 0.151. The molecular weight excluding hydrogens is 760 g/mol. The molecule has 0 atom stereocenters. The van der Waals surface area contributed by atoms with Crippen molar-refractivity contribution in [3.8, 4) is 0 Å². The Labute approximate surface area is 340 Å². The summed E-state index contributed by atoms with van der Waals surface area (Å²) >= 11 is 3.62. The lowest BCUT2D eigenvalue weighted by molar-refractivity contribution is 0.545. The van der Waals surface area contributed by atoms with E-state index < -0.39 is 0 Å². The van der Waals surface area contributed by atoms with E-state index in [9.17, 15) is 0 Å². The van der Waals surface area contributed by atoms with E-state index in [1.165, 1.54) is 16.7 Å². The van der Waals surface area contributed by atoms with Crippen LogP contribution in [0.2, 0.25) is 0 Å². The van der Waals surface area contributed by atoms with E-state index in [1.807, 2.05) is 12.3 Å². The lowest BCUT2D eigenvalue weighted by Gasteiger charge is -2.15. The van der Waals surface area contributed by atoms with Gasteiger partial charge < -0.3 is 8.80 Å². The molecule has 0 aliphatic heterocycles. The minimum absolute atomic E-state index is 0.0201. The standard InChI is InChI=1S/C12H15BrN2.2C12H16N2.C9H12N4/c1-8-5-6-9-14-10(12(2,3)4)11(13)15(9)7-8;2*1-9-5-6-11-13-10(12(2,3)4)8-14(11)7-9;1-9(2,3)7-11-8-10-5-4-6-13(8)12-7/h5-7H,1-4H3;2*5-8H,1-4H3;4-6H,1-3H3. The molecule has 56 heavy (non-hydrogen) atoms. The van der Waals surface area contributed by atoms with Gasteiger partial charge in [0.1, 0.15) is 21.5 Å². The van der Waals surface area contributed by atoms with Gasteiger partial charge >= 0.3 is 0 Å². The summed E-state index contributed by atoms with van der Waals surface area (Å²) in [5.41, 5.74) is 10.5. The van der Waals surface area contributed by atoms with Crippen LogP contribution in [0, 0.1) is 20.8 Å². The maximum atomic E-state index is 4.64. The smallest absolute Gasteiger partial charge is 0.252 e. The molecule has 10 nitrogen and oxygen atoms in total. The second-order valence-corrected chi connectivity index (χ2v) is 19.4. The normalized spacial score (nSPS) is 12.3. The van der Waals surface area contributed by atoms with Gasteiger partial charge in [-0.05, 0) is 77.7 Å². The maximum absolute atomic E-state index is 4.64. The first-order chi connectivity index (χ1) is 25.9. The van der Waals surface area contributed by atoms with E-state index in [1.54, 1.807) is 10.7 Å². The third kappa shape index (κ3) is 10.3. The van der Waals surface area contributed by atoms with Crippen molar-refractivity contribution in [2.75, 3.05) is 0 Å². The van der Waals surface area contributed by atoms with Crippen molar-refractivity contribution in [2.24, 2.45) is 0 Å². The van der Waals surface area contributed by atoms with Gasteiger partial charge in [-0.1, -0.05) is 101 Å². The van der Waals surface area contributed by atoms with E-state index in [-0.39, 0.29) is 21.7 Å². The minimum Gasteiger partial charge on any atom is -0.307 e. The Balaban J connectivity index is 0.000000143. The lowest BCUT2D eigenvalue weighted by atomic mass is 9.93. The highest BCUT2D eigenvalue weighted by Gasteiger charge is 2.23. The van der Waals surface area contributed by atoms with Crippen LogP contribution in [0.3, 0.4) is 0 Å². The van der Waals surface area contributed by atoms with Gasteiger partial charge in [0.05, 0.1) is 17.1 Å². The first kappa shape index (κ1) is 42.2. The van der Waals surface area contributed by atoms with Crippen LogP contribution < -0.4 is 0 Å². The van der Waals surface area contributed by atoms with Gasteiger partial charge in [-0.25, -0.2) is 24.5 Å². The van der Waals surface area contributed by atoms with Gasteiger partial charge in [-0.2, -0.15) is 4.98 Å². The molecule has 0 saturated carbocycles. The van der Waals surface area contributed by atoms with E-state index in [4.69, 9.17) is 0 Å². The number of aryl methyl sites for hydroxylation is 3. The van der Waals surface area contributed by atoms with E-state index in [0.717, 1.165) is 44.5 Å². The van der Waals surface area contributed by atoms with Gasteiger partial charge in [0.15, 0.2) is 5.82 Å². The van der Waals surface area contributed by atoms with Crippen molar-refractivity contribution in [1.29, 1.82) is 0 Å². The van der Waals surface area contributed by atoms with Gasteiger partial charge in [0, 0.05) is 65.0 Å². The summed E-state index contributed by atoms with van der Waals surface area (Å²) in [7, 11) is 0. The highest BCUT2D eigenvalue weighted by Crippen LogP contribution is 2.30. The third-order valence-electron chi connectivity index (χ3n) is 8.94. The fourth-order valence-electron chi connectivity index (χ4n) is 5.58. The zero-order valence-electron chi connectivity index (χ0n) is 35.9. The van der Waals surface area contributed by atoms with Crippen molar-refractivity contribution in [3.63, 3.8) is 0 Å². The Bertz CT molecular complexity index is 2450. The molecular formula is C45H59BrN10. The molecule has 0 bridgehead atoms. The second kappa shape index (κ2) is 15.9. The van der Waals surface area contributed by atoms with Crippen LogP contribution in [0.5, 0.6) is 0 Å². The largest absolute Gasteiger partial charge is 0.307 e. The molecule has 8 aromatic rings. The number of aromatic nitrogens is 10. The molecule has 0 aromatic carbocycles. The maximum Gasteiger partial charge on any atom is 0.252 e. The first-order valence-electron chi connectivity index (χ1n) is 19.1. The molecule has 0 unspecified atom stereocenters. The topological polar surface area (TPSA) is 95.0 Å². The zero-order valence-corrected chi connectivity index (χ0v) is 37.5. The summed E-state index contributed by atoms with van der Waals surface area (Å²) in [5.74, 6) is 1.48. The van der Waals surface area contributed by atoms with Crippen LogP contribution in [0.4, 0.5) is 0 Å². The molecule has 8 aromatic heterocycles. The average Bonchev–Trinajstić information content (AvgIpc) is 3.88. The van der Waals surface area contributed by atoms with Crippen LogP contribution in [-0.4, -0.2) is 47.7 Å². The Kier molecular flexibility index (Phi) is 12.0. The molecule has 11 heteroatoms. The van der Waals surface area contributed by atoms with Crippen LogP contribution >= 0.6 is 15.9 Å². The molecule has 8 heterocycles. The van der Waals surface area contributed by atoms with E-state index >= 15 is 0 Å². The number of halogens is 1. The summed E-state index contributed by atoms with van der Waals surface area (Å²) in [6.45, 7) is 32.1. The number of pyridine rings is 3. The van der Waals surface area contributed by atoms with E-state index in [0.29, 0.717) is 5.78 Å². The highest BCUT2D eigenvalue weighted by atomic mass is 79.9. The average molecular weight is 820 g/mol. The molecule has 0 aliphatic carbocycles. The molecule has 0 fully saturated rings. The van der Waals surface area contributed by atoms with Crippen LogP contribution in [-0.2, 0) is 21.7 Å². The minimum atomic E-state index is -0.0201.